The Kier molecular flexibility index (Phi) is 3.75. The van der Waals surface area contributed by atoms with Crippen LogP contribution >= 0.6 is 11.8 Å². The van der Waals surface area contributed by atoms with Crippen LogP contribution in [0.4, 0.5) is 0 Å². The van der Waals surface area contributed by atoms with Crippen LogP contribution in [0, 0.1) is 0 Å². The third-order valence-electron chi connectivity index (χ3n) is 2.15. The van der Waals surface area contributed by atoms with E-state index in [1.807, 2.05) is 23.9 Å². The van der Waals surface area contributed by atoms with Crippen molar-refractivity contribution in [2.45, 2.75) is 12.2 Å². The maximum absolute atomic E-state index is 8.64. The molecule has 2 rings (SSSR count). The van der Waals surface area contributed by atoms with Crippen LogP contribution < -0.4 is 9.47 Å². The Hall–Kier alpha value is -0.870. The number of fused-ring (bicyclic) bond motifs is 1. The van der Waals surface area contributed by atoms with Gasteiger partial charge in [0.05, 0.1) is 0 Å². The maximum Gasteiger partial charge on any atom is 0.231 e. The molecule has 0 amide bonds. The van der Waals surface area contributed by atoms with Crippen molar-refractivity contribution in [2.24, 2.45) is 0 Å². The second kappa shape index (κ2) is 5.28. The molecule has 0 radical (unpaired) electrons. The van der Waals surface area contributed by atoms with Gasteiger partial charge in [0, 0.05) is 12.4 Å². The summed E-state index contributed by atoms with van der Waals surface area (Å²) < 4.78 is 10.5. The molecule has 0 fully saturated rings. The summed E-state index contributed by atoms with van der Waals surface area (Å²) in [5, 5.41) is 8.64. The van der Waals surface area contributed by atoms with Gasteiger partial charge in [-0.1, -0.05) is 6.07 Å². The van der Waals surface area contributed by atoms with E-state index in [9.17, 15) is 0 Å². The monoisotopic (exact) mass is 226 g/mol. The number of ether oxygens (including phenoxy) is 2. The summed E-state index contributed by atoms with van der Waals surface area (Å²) in [6.45, 7) is 0.602. The normalized spacial score (nSPS) is 13.1. The zero-order valence-electron chi connectivity index (χ0n) is 8.44. The highest BCUT2D eigenvalue weighted by molar-refractivity contribution is 7.98. The molecule has 0 aliphatic carbocycles. The van der Waals surface area contributed by atoms with E-state index >= 15 is 0 Å². The number of rotatable bonds is 5. The lowest BCUT2D eigenvalue weighted by atomic mass is 10.2. The van der Waals surface area contributed by atoms with Gasteiger partial charge in [-0.2, -0.15) is 11.8 Å². The summed E-state index contributed by atoms with van der Waals surface area (Å²) in [4.78, 5) is 0. The van der Waals surface area contributed by atoms with Crippen LogP contribution in [0.2, 0.25) is 0 Å². The van der Waals surface area contributed by atoms with Crippen LogP contribution in [-0.2, 0) is 5.75 Å². The summed E-state index contributed by atoms with van der Waals surface area (Å²) in [7, 11) is 0. The fraction of sp³-hybridized carbons (Fsp3) is 0.455. The van der Waals surface area contributed by atoms with Crippen LogP contribution in [-0.4, -0.2) is 24.3 Å². The van der Waals surface area contributed by atoms with Crippen molar-refractivity contribution in [2.75, 3.05) is 19.2 Å². The van der Waals surface area contributed by atoms with Crippen molar-refractivity contribution in [3.8, 4) is 11.5 Å². The number of hydrogen-bond donors (Lipinski definition) is 1. The first kappa shape index (κ1) is 10.6. The summed E-state index contributed by atoms with van der Waals surface area (Å²) in [6, 6.07) is 6.03. The molecule has 4 heteroatoms. The summed E-state index contributed by atoms with van der Waals surface area (Å²) in [5.74, 6) is 3.62. The van der Waals surface area contributed by atoms with E-state index in [-0.39, 0.29) is 6.61 Å². The van der Waals surface area contributed by atoms with Gasteiger partial charge in [0.2, 0.25) is 6.79 Å². The number of aliphatic hydroxyl groups is 1. The molecule has 1 heterocycles. The molecular weight excluding hydrogens is 212 g/mol. The van der Waals surface area contributed by atoms with Crippen molar-refractivity contribution in [3.05, 3.63) is 23.8 Å². The third kappa shape index (κ3) is 2.79. The third-order valence-corrected chi connectivity index (χ3v) is 3.27. The second-order valence-electron chi connectivity index (χ2n) is 3.32. The Bertz CT molecular complexity index is 328. The molecule has 0 aromatic heterocycles. The molecule has 0 saturated carbocycles. The molecule has 3 nitrogen and oxygen atoms in total. The van der Waals surface area contributed by atoms with Gasteiger partial charge in [-0.15, -0.1) is 0 Å². The topological polar surface area (TPSA) is 38.7 Å². The van der Waals surface area contributed by atoms with E-state index in [1.54, 1.807) is 0 Å². The van der Waals surface area contributed by atoms with Crippen molar-refractivity contribution < 1.29 is 14.6 Å². The molecule has 0 spiro atoms. The van der Waals surface area contributed by atoms with Gasteiger partial charge >= 0.3 is 0 Å². The van der Waals surface area contributed by atoms with Gasteiger partial charge in [-0.25, -0.2) is 0 Å². The molecule has 1 N–H and O–H groups in total. The average molecular weight is 226 g/mol. The standard InChI is InChI=1S/C11H14O3S/c12-4-1-5-15-7-9-2-3-10-11(6-9)14-8-13-10/h2-3,6,12H,1,4-5,7-8H2. The Labute approximate surface area is 93.4 Å². The number of thioether (sulfide) groups is 1. The Morgan fingerprint density at radius 2 is 2.13 bits per heavy atom. The Morgan fingerprint density at radius 3 is 3.00 bits per heavy atom. The van der Waals surface area contributed by atoms with Gasteiger partial charge in [0.15, 0.2) is 11.5 Å². The lowest BCUT2D eigenvalue weighted by Crippen LogP contribution is -1.92. The molecular formula is C11H14O3S. The van der Waals surface area contributed by atoms with E-state index in [1.165, 1.54) is 5.56 Å². The maximum atomic E-state index is 8.64. The minimum absolute atomic E-state index is 0.272. The van der Waals surface area contributed by atoms with Crippen LogP contribution in [0.25, 0.3) is 0 Å². The molecule has 15 heavy (non-hydrogen) atoms. The smallest absolute Gasteiger partial charge is 0.231 e. The number of aliphatic hydroxyl groups excluding tert-OH is 1. The first-order valence-electron chi connectivity index (χ1n) is 4.97. The van der Waals surface area contributed by atoms with Crippen molar-refractivity contribution in [3.63, 3.8) is 0 Å². The quantitative estimate of drug-likeness (QED) is 0.780. The van der Waals surface area contributed by atoms with E-state index in [0.29, 0.717) is 6.79 Å². The van der Waals surface area contributed by atoms with E-state index in [4.69, 9.17) is 14.6 Å². The Balaban J connectivity index is 1.87. The zero-order chi connectivity index (χ0) is 10.5. The molecule has 0 bridgehead atoms. The first-order chi connectivity index (χ1) is 7.40. The number of hydrogen-bond acceptors (Lipinski definition) is 4. The number of benzene rings is 1. The lowest BCUT2D eigenvalue weighted by Gasteiger charge is -2.02. The van der Waals surface area contributed by atoms with Crippen LogP contribution in [0.3, 0.4) is 0 Å². The predicted molar refractivity (Wildman–Crippen MR) is 60.4 cm³/mol. The highest BCUT2D eigenvalue weighted by Gasteiger charge is 2.12. The molecule has 1 aromatic rings. The van der Waals surface area contributed by atoms with Crippen molar-refractivity contribution >= 4 is 11.8 Å². The molecule has 0 unspecified atom stereocenters. The van der Waals surface area contributed by atoms with Crippen LogP contribution in [0.5, 0.6) is 11.5 Å². The van der Waals surface area contributed by atoms with E-state index < -0.39 is 0 Å². The predicted octanol–water partition coefficient (Wildman–Crippen LogP) is 2.03. The van der Waals surface area contributed by atoms with Crippen LogP contribution in [0.1, 0.15) is 12.0 Å². The molecule has 82 valence electrons. The van der Waals surface area contributed by atoms with E-state index in [2.05, 4.69) is 6.07 Å². The summed E-state index contributed by atoms with van der Waals surface area (Å²) >= 11 is 1.82. The highest BCUT2D eigenvalue weighted by Crippen LogP contribution is 2.33. The molecule has 0 atom stereocenters. The molecule has 1 aliphatic heterocycles. The molecule has 1 aromatic carbocycles. The Morgan fingerprint density at radius 1 is 1.27 bits per heavy atom. The largest absolute Gasteiger partial charge is 0.454 e. The minimum atomic E-state index is 0.272. The molecule has 1 aliphatic rings. The van der Waals surface area contributed by atoms with E-state index in [0.717, 1.165) is 29.4 Å². The van der Waals surface area contributed by atoms with Crippen molar-refractivity contribution in [1.82, 2.24) is 0 Å². The van der Waals surface area contributed by atoms with Gasteiger partial charge in [-0.05, 0) is 29.9 Å². The van der Waals surface area contributed by atoms with Gasteiger partial charge in [0.25, 0.3) is 0 Å². The second-order valence-corrected chi connectivity index (χ2v) is 4.42. The van der Waals surface area contributed by atoms with Gasteiger partial charge in [-0.3, -0.25) is 0 Å². The fourth-order valence-electron chi connectivity index (χ4n) is 1.39. The van der Waals surface area contributed by atoms with Gasteiger partial charge in [0.1, 0.15) is 0 Å². The molecule has 0 saturated heterocycles. The lowest BCUT2D eigenvalue weighted by molar-refractivity contribution is 0.174. The van der Waals surface area contributed by atoms with Crippen molar-refractivity contribution in [1.29, 1.82) is 0 Å². The average Bonchev–Trinajstić information content (AvgIpc) is 2.71. The first-order valence-corrected chi connectivity index (χ1v) is 6.13. The minimum Gasteiger partial charge on any atom is -0.454 e. The van der Waals surface area contributed by atoms with Crippen LogP contribution in [0.15, 0.2) is 18.2 Å². The SMILES string of the molecule is OCCCSCc1ccc2c(c1)OCO2. The summed E-state index contributed by atoms with van der Waals surface area (Å²) in [6.07, 6.45) is 0.856. The summed E-state index contributed by atoms with van der Waals surface area (Å²) in [5.41, 5.74) is 1.24. The highest BCUT2D eigenvalue weighted by atomic mass is 32.2. The van der Waals surface area contributed by atoms with Gasteiger partial charge < -0.3 is 14.6 Å². The fourth-order valence-corrected chi connectivity index (χ4v) is 2.28. The zero-order valence-corrected chi connectivity index (χ0v) is 9.26.